The molecule has 1 aromatic rings. The van der Waals surface area contributed by atoms with Crippen LogP contribution in [0.25, 0.3) is 0 Å². The van der Waals surface area contributed by atoms with Crippen molar-refractivity contribution in [3.63, 3.8) is 0 Å². The zero-order chi connectivity index (χ0) is 14.8. The van der Waals surface area contributed by atoms with Crippen LogP contribution in [0.15, 0.2) is 24.3 Å². The van der Waals surface area contributed by atoms with E-state index < -0.39 is 14.8 Å². The number of hydrogen-bond acceptors (Lipinski definition) is 5. The second kappa shape index (κ2) is 5.78. The fraction of sp³-hybridized carbons (Fsp3) is 0.538. The molecule has 2 atom stereocenters. The van der Waals surface area contributed by atoms with Gasteiger partial charge in [-0.15, -0.1) is 0 Å². The van der Waals surface area contributed by atoms with E-state index in [1.807, 2.05) is 0 Å². The first-order valence-corrected chi connectivity index (χ1v) is 8.52. The van der Waals surface area contributed by atoms with Gasteiger partial charge in [-0.3, -0.25) is 10.1 Å². The molecular weight excluding hydrogens is 280 g/mol. The second-order valence-corrected chi connectivity index (χ2v) is 7.56. The monoisotopic (exact) mass is 298 g/mol. The van der Waals surface area contributed by atoms with Crippen LogP contribution >= 0.6 is 0 Å². The normalized spacial score (nSPS) is 23.2. The van der Waals surface area contributed by atoms with Crippen molar-refractivity contribution in [2.45, 2.75) is 37.0 Å². The molecule has 0 heterocycles. The van der Waals surface area contributed by atoms with Crippen LogP contribution in [-0.2, 0) is 9.84 Å². The lowest BCUT2D eigenvalue weighted by molar-refractivity contribution is -0.384. The molecule has 0 amide bonds. The summed E-state index contributed by atoms with van der Waals surface area (Å²) in [6, 6.07) is 6.40. The Kier molecular flexibility index (Phi) is 4.27. The fourth-order valence-corrected chi connectivity index (χ4v) is 3.82. The summed E-state index contributed by atoms with van der Waals surface area (Å²) in [6.45, 7) is 0. The van der Waals surface area contributed by atoms with Gasteiger partial charge in [0.2, 0.25) is 0 Å². The Bertz CT molecular complexity index is 600. The van der Waals surface area contributed by atoms with Crippen LogP contribution in [0.3, 0.4) is 0 Å². The molecule has 2 rings (SSSR count). The second-order valence-electron chi connectivity index (χ2n) is 5.23. The predicted octanol–water partition coefficient (Wildman–Crippen LogP) is 2.36. The van der Waals surface area contributed by atoms with Gasteiger partial charge in [0.25, 0.3) is 5.69 Å². The highest BCUT2D eigenvalue weighted by molar-refractivity contribution is 7.91. The number of benzene rings is 1. The predicted molar refractivity (Wildman–Crippen MR) is 77.6 cm³/mol. The molecule has 6 nitrogen and oxygen atoms in total. The van der Waals surface area contributed by atoms with E-state index in [0.717, 1.165) is 12.8 Å². The lowest BCUT2D eigenvalue weighted by atomic mass is 9.94. The number of nitro groups is 1. The Hall–Kier alpha value is -1.63. The molecule has 0 radical (unpaired) electrons. The summed E-state index contributed by atoms with van der Waals surface area (Å²) >= 11 is 0. The Morgan fingerprint density at radius 1 is 1.30 bits per heavy atom. The number of nitrogens with one attached hydrogen (secondary N) is 1. The number of nitrogens with zero attached hydrogens (tertiary/aromatic N) is 1. The summed E-state index contributed by atoms with van der Waals surface area (Å²) in [4.78, 5) is 10.5. The highest BCUT2D eigenvalue weighted by Gasteiger charge is 2.29. The summed E-state index contributed by atoms with van der Waals surface area (Å²) in [6.07, 6.45) is 4.08. The van der Waals surface area contributed by atoms with Gasteiger partial charge in [-0.25, -0.2) is 8.42 Å². The first-order chi connectivity index (χ1) is 9.38. The van der Waals surface area contributed by atoms with Gasteiger partial charge in [-0.05, 0) is 25.3 Å². The van der Waals surface area contributed by atoms with Gasteiger partial charge >= 0.3 is 0 Å². The van der Waals surface area contributed by atoms with Crippen LogP contribution in [0.5, 0.6) is 0 Å². The van der Waals surface area contributed by atoms with Crippen LogP contribution in [0.1, 0.15) is 25.7 Å². The first-order valence-electron chi connectivity index (χ1n) is 6.57. The van der Waals surface area contributed by atoms with Gasteiger partial charge in [0, 0.05) is 18.4 Å². The van der Waals surface area contributed by atoms with Crippen molar-refractivity contribution in [1.82, 2.24) is 0 Å². The molecule has 110 valence electrons. The number of rotatable bonds is 4. The molecule has 1 aliphatic rings. The van der Waals surface area contributed by atoms with E-state index in [1.54, 1.807) is 18.2 Å². The average Bonchev–Trinajstić information content (AvgIpc) is 2.38. The van der Waals surface area contributed by atoms with E-state index in [0.29, 0.717) is 18.5 Å². The molecule has 0 saturated heterocycles. The molecule has 20 heavy (non-hydrogen) atoms. The minimum absolute atomic E-state index is 0.0222. The third-order valence-electron chi connectivity index (χ3n) is 3.69. The van der Waals surface area contributed by atoms with Crippen molar-refractivity contribution >= 4 is 21.2 Å². The van der Waals surface area contributed by atoms with Crippen molar-refractivity contribution in [2.75, 3.05) is 11.6 Å². The molecule has 0 aromatic heterocycles. The molecule has 1 aliphatic carbocycles. The molecule has 0 spiro atoms. The maximum absolute atomic E-state index is 11.6. The van der Waals surface area contributed by atoms with Gasteiger partial charge in [0.1, 0.15) is 15.5 Å². The van der Waals surface area contributed by atoms with E-state index in [9.17, 15) is 18.5 Å². The minimum Gasteiger partial charge on any atom is -0.377 e. The third kappa shape index (κ3) is 3.47. The lowest BCUT2D eigenvalue weighted by Crippen LogP contribution is -2.34. The first kappa shape index (κ1) is 14.8. The summed E-state index contributed by atoms with van der Waals surface area (Å²) in [5.74, 6) is 0. The summed E-state index contributed by atoms with van der Waals surface area (Å²) in [5.41, 5.74) is 0.477. The summed E-state index contributed by atoms with van der Waals surface area (Å²) in [7, 11) is -3.05. The maximum atomic E-state index is 11.6. The molecule has 0 aliphatic heterocycles. The van der Waals surface area contributed by atoms with Gasteiger partial charge < -0.3 is 5.32 Å². The van der Waals surface area contributed by atoms with E-state index in [1.165, 1.54) is 12.3 Å². The van der Waals surface area contributed by atoms with Gasteiger partial charge in [0.05, 0.1) is 10.2 Å². The third-order valence-corrected chi connectivity index (χ3v) is 5.33. The Labute approximate surface area is 118 Å². The average molecular weight is 298 g/mol. The molecule has 1 N–H and O–H groups in total. The zero-order valence-corrected chi connectivity index (χ0v) is 12.1. The molecule has 0 unspecified atom stereocenters. The molecule has 0 bridgehead atoms. The Morgan fingerprint density at radius 2 is 2.00 bits per heavy atom. The topological polar surface area (TPSA) is 89.3 Å². The Balaban J connectivity index is 2.12. The van der Waals surface area contributed by atoms with E-state index >= 15 is 0 Å². The van der Waals surface area contributed by atoms with E-state index in [4.69, 9.17) is 0 Å². The van der Waals surface area contributed by atoms with Crippen molar-refractivity contribution in [1.29, 1.82) is 0 Å². The molecule has 7 heteroatoms. The zero-order valence-electron chi connectivity index (χ0n) is 11.3. The molecular formula is C13H18N2O4S. The summed E-state index contributed by atoms with van der Waals surface area (Å²) in [5, 5.41) is 13.7. The molecule has 1 aromatic carbocycles. The number of hydrogen-bond donors (Lipinski definition) is 1. The molecule has 1 fully saturated rings. The summed E-state index contributed by atoms with van der Waals surface area (Å²) < 4.78 is 23.2. The van der Waals surface area contributed by atoms with Crippen LogP contribution in [0, 0.1) is 10.1 Å². The van der Waals surface area contributed by atoms with Gasteiger partial charge in [-0.1, -0.05) is 18.6 Å². The number of nitro benzene ring substituents is 1. The highest BCUT2D eigenvalue weighted by Crippen LogP contribution is 2.30. The minimum atomic E-state index is -3.05. The van der Waals surface area contributed by atoms with Crippen molar-refractivity contribution in [3.8, 4) is 0 Å². The molecule has 1 saturated carbocycles. The number of sulfone groups is 1. The smallest absolute Gasteiger partial charge is 0.292 e. The number of para-hydroxylation sites is 2. The van der Waals surface area contributed by atoms with Crippen molar-refractivity contribution < 1.29 is 13.3 Å². The quantitative estimate of drug-likeness (QED) is 0.681. The lowest BCUT2D eigenvalue weighted by Gasteiger charge is -2.29. The maximum Gasteiger partial charge on any atom is 0.292 e. The van der Waals surface area contributed by atoms with Crippen LogP contribution < -0.4 is 5.32 Å². The highest BCUT2D eigenvalue weighted by atomic mass is 32.2. The van der Waals surface area contributed by atoms with Crippen LogP contribution in [0.2, 0.25) is 0 Å². The fourth-order valence-electron chi connectivity index (χ4n) is 2.64. The van der Waals surface area contributed by atoms with Crippen molar-refractivity contribution in [3.05, 3.63) is 34.4 Å². The Morgan fingerprint density at radius 3 is 2.65 bits per heavy atom. The van der Waals surface area contributed by atoms with Gasteiger partial charge in [0.15, 0.2) is 0 Å². The van der Waals surface area contributed by atoms with Gasteiger partial charge in [-0.2, -0.15) is 0 Å². The standard InChI is InChI=1S/C13H18N2O4S/c1-20(18,19)11-6-4-5-10(9-11)14-12-7-2-3-8-13(12)15(16)17/h2-3,7-8,10-11,14H,4-6,9H2,1H3/t10-,11-/m0/s1. The van der Waals surface area contributed by atoms with Crippen molar-refractivity contribution in [2.24, 2.45) is 0 Å². The van der Waals surface area contributed by atoms with E-state index in [2.05, 4.69) is 5.32 Å². The largest absolute Gasteiger partial charge is 0.377 e. The van der Waals surface area contributed by atoms with E-state index in [-0.39, 0.29) is 17.0 Å². The SMILES string of the molecule is CS(=O)(=O)[C@H]1CCC[C@H](Nc2ccccc2[N+](=O)[O-])C1. The van der Waals surface area contributed by atoms with Crippen LogP contribution in [-0.4, -0.2) is 30.9 Å². The number of anilines is 1. The van der Waals surface area contributed by atoms with Crippen LogP contribution in [0.4, 0.5) is 11.4 Å².